The molecule has 0 spiro atoms. The molecule has 2 rings (SSSR count). The summed E-state index contributed by atoms with van der Waals surface area (Å²) in [6.45, 7) is 2.35. The van der Waals surface area contributed by atoms with E-state index in [1.807, 2.05) is 6.92 Å². The van der Waals surface area contributed by atoms with Crippen molar-refractivity contribution in [3.63, 3.8) is 0 Å². The molecular formula is C15H16FN3O2. The number of carbonyl (C=O) groups excluding carboxylic acids is 1. The lowest BCUT2D eigenvalue weighted by Crippen LogP contribution is -2.19. The summed E-state index contributed by atoms with van der Waals surface area (Å²) in [5, 5.41) is 0. The van der Waals surface area contributed by atoms with Gasteiger partial charge in [-0.15, -0.1) is 0 Å². The highest BCUT2D eigenvalue weighted by molar-refractivity contribution is 5.95. The van der Waals surface area contributed by atoms with Crippen LogP contribution in [0.2, 0.25) is 0 Å². The van der Waals surface area contributed by atoms with Gasteiger partial charge in [-0.2, -0.15) is 0 Å². The standard InChI is InChI=1S/C15H16FN3O2/c1-3-19(13-7-5-4-6-11(13)16)14-8-10(15(20)21-2)12(17)9-18-14/h4-9H,3,17H2,1-2H3. The summed E-state index contributed by atoms with van der Waals surface area (Å²) in [6.07, 6.45) is 1.37. The van der Waals surface area contributed by atoms with E-state index in [0.29, 0.717) is 18.1 Å². The highest BCUT2D eigenvalue weighted by atomic mass is 19.1. The minimum atomic E-state index is -0.555. The van der Waals surface area contributed by atoms with E-state index in [2.05, 4.69) is 9.72 Å². The van der Waals surface area contributed by atoms with Crippen molar-refractivity contribution >= 4 is 23.2 Å². The summed E-state index contributed by atoms with van der Waals surface area (Å²) in [7, 11) is 1.27. The van der Waals surface area contributed by atoms with E-state index in [0.717, 1.165) is 0 Å². The number of hydrogen-bond acceptors (Lipinski definition) is 5. The Balaban J connectivity index is 2.49. The van der Waals surface area contributed by atoms with Crippen LogP contribution in [0.5, 0.6) is 0 Å². The van der Waals surface area contributed by atoms with Gasteiger partial charge in [-0.25, -0.2) is 14.2 Å². The van der Waals surface area contributed by atoms with Crippen molar-refractivity contribution in [3.05, 3.63) is 47.9 Å². The molecule has 0 aliphatic carbocycles. The second-order valence-corrected chi connectivity index (χ2v) is 4.32. The predicted molar refractivity (Wildman–Crippen MR) is 79.1 cm³/mol. The Morgan fingerprint density at radius 3 is 2.76 bits per heavy atom. The second-order valence-electron chi connectivity index (χ2n) is 4.32. The maximum absolute atomic E-state index is 13.9. The lowest BCUT2D eigenvalue weighted by Gasteiger charge is -2.23. The van der Waals surface area contributed by atoms with Crippen LogP contribution in [0.1, 0.15) is 17.3 Å². The first kappa shape index (κ1) is 14.8. The summed E-state index contributed by atoms with van der Waals surface area (Å²) in [6, 6.07) is 7.87. The molecular weight excluding hydrogens is 273 g/mol. The number of nitrogens with two attached hydrogens (primary N) is 1. The molecule has 0 aliphatic heterocycles. The fraction of sp³-hybridized carbons (Fsp3) is 0.200. The highest BCUT2D eigenvalue weighted by Gasteiger charge is 2.17. The zero-order chi connectivity index (χ0) is 15.4. The molecule has 110 valence electrons. The number of ether oxygens (including phenoxy) is 1. The van der Waals surface area contributed by atoms with Gasteiger partial charge < -0.3 is 15.4 Å². The molecule has 0 atom stereocenters. The molecule has 5 nitrogen and oxygen atoms in total. The second kappa shape index (κ2) is 6.21. The third kappa shape index (κ3) is 2.94. The first-order chi connectivity index (χ1) is 10.1. The smallest absolute Gasteiger partial charge is 0.340 e. The van der Waals surface area contributed by atoms with Crippen molar-refractivity contribution in [2.45, 2.75) is 6.92 Å². The number of hydrogen-bond donors (Lipinski definition) is 1. The van der Waals surface area contributed by atoms with Crippen LogP contribution in [0.4, 0.5) is 21.6 Å². The van der Waals surface area contributed by atoms with E-state index in [9.17, 15) is 9.18 Å². The number of nitrogen functional groups attached to an aromatic ring is 1. The van der Waals surface area contributed by atoms with Gasteiger partial charge in [0.2, 0.25) is 0 Å². The zero-order valence-corrected chi connectivity index (χ0v) is 11.8. The van der Waals surface area contributed by atoms with Gasteiger partial charge in [-0.05, 0) is 25.1 Å². The molecule has 0 fully saturated rings. The molecule has 1 aromatic heterocycles. The van der Waals surface area contributed by atoms with Crippen LogP contribution >= 0.6 is 0 Å². The molecule has 0 saturated heterocycles. The Morgan fingerprint density at radius 1 is 1.43 bits per heavy atom. The Labute approximate surface area is 122 Å². The number of benzene rings is 1. The SMILES string of the molecule is CCN(c1cc(C(=O)OC)c(N)cn1)c1ccccc1F. The number of anilines is 3. The first-order valence-corrected chi connectivity index (χ1v) is 6.44. The molecule has 0 amide bonds. The Morgan fingerprint density at radius 2 is 2.14 bits per heavy atom. The molecule has 2 N–H and O–H groups in total. The molecule has 6 heteroatoms. The van der Waals surface area contributed by atoms with Crippen molar-refractivity contribution in [2.75, 3.05) is 24.3 Å². The van der Waals surface area contributed by atoms with Gasteiger partial charge >= 0.3 is 5.97 Å². The molecule has 0 bridgehead atoms. The fourth-order valence-electron chi connectivity index (χ4n) is 2.02. The number of pyridine rings is 1. The highest BCUT2D eigenvalue weighted by Crippen LogP contribution is 2.28. The quantitative estimate of drug-likeness (QED) is 0.876. The molecule has 0 unspecified atom stereocenters. The third-order valence-corrected chi connectivity index (χ3v) is 3.06. The van der Waals surface area contributed by atoms with Crippen molar-refractivity contribution < 1.29 is 13.9 Å². The average molecular weight is 289 g/mol. The van der Waals surface area contributed by atoms with E-state index >= 15 is 0 Å². The Bertz CT molecular complexity index is 661. The van der Waals surface area contributed by atoms with Gasteiger partial charge in [0, 0.05) is 6.54 Å². The molecule has 0 aliphatic rings. The van der Waals surface area contributed by atoms with Crippen LogP contribution in [0.15, 0.2) is 36.5 Å². The summed E-state index contributed by atoms with van der Waals surface area (Å²) < 4.78 is 18.6. The predicted octanol–water partition coefficient (Wildman–Crippen LogP) is 2.75. The van der Waals surface area contributed by atoms with Gasteiger partial charge in [0.15, 0.2) is 0 Å². The van der Waals surface area contributed by atoms with Crippen molar-refractivity contribution in [1.29, 1.82) is 0 Å². The summed E-state index contributed by atoms with van der Waals surface area (Å²) >= 11 is 0. The van der Waals surface area contributed by atoms with Gasteiger partial charge in [0.1, 0.15) is 11.6 Å². The number of esters is 1. The molecule has 21 heavy (non-hydrogen) atoms. The minimum Gasteiger partial charge on any atom is -0.465 e. The van der Waals surface area contributed by atoms with Crippen molar-refractivity contribution in [3.8, 4) is 0 Å². The lowest BCUT2D eigenvalue weighted by atomic mass is 10.2. The Kier molecular flexibility index (Phi) is 4.37. The van der Waals surface area contributed by atoms with Crippen LogP contribution in [-0.2, 0) is 4.74 Å². The number of aromatic nitrogens is 1. The van der Waals surface area contributed by atoms with Gasteiger partial charge in [0.05, 0.1) is 30.2 Å². The zero-order valence-electron chi connectivity index (χ0n) is 11.8. The topological polar surface area (TPSA) is 68.5 Å². The number of carbonyl (C=O) groups is 1. The maximum atomic E-state index is 13.9. The van der Waals surface area contributed by atoms with Crippen molar-refractivity contribution in [2.24, 2.45) is 0 Å². The van der Waals surface area contributed by atoms with Gasteiger partial charge in [-0.1, -0.05) is 12.1 Å². The summed E-state index contributed by atoms with van der Waals surface area (Å²) in [4.78, 5) is 17.5. The fourth-order valence-corrected chi connectivity index (χ4v) is 2.02. The van der Waals surface area contributed by atoms with E-state index in [4.69, 9.17) is 5.73 Å². The third-order valence-electron chi connectivity index (χ3n) is 3.06. The normalized spacial score (nSPS) is 10.2. The van der Waals surface area contributed by atoms with E-state index < -0.39 is 5.97 Å². The number of nitrogens with zero attached hydrogens (tertiary/aromatic N) is 2. The van der Waals surface area contributed by atoms with Gasteiger partial charge in [-0.3, -0.25) is 0 Å². The number of halogens is 1. The maximum Gasteiger partial charge on any atom is 0.340 e. The van der Waals surface area contributed by atoms with Crippen molar-refractivity contribution in [1.82, 2.24) is 4.98 Å². The van der Waals surface area contributed by atoms with Crippen LogP contribution in [-0.4, -0.2) is 24.6 Å². The molecule has 0 radical (unpaired) electrons. The number of rotatable bonds is 4. The number of methoxy groups -OCH3 is 1. The van der Waals surface area contributed by atoms with Gasteiger partial charge in [0.25, 0.3) is 0 Å². The minimum absolute atomic E-state index is 0.206. The number of para-hydroxylation sites is 1. The van der Waals surface area contributed by atoms with Crippen LogP contribution in [0.3, 0.4) is 0 Å². The molecule has 2 aromatic rings. The summed E-state index contributed by atoms with van der Waals surface area (Å²) in [5.41, 5.74) is 6.53. The van der Waals surface area contributed by atoms with Crippen LogP contribution < -0.4 is 10.6 Å². The van der Waals surface area contributed by atoms with E-state index in [1.165, 1.54) is 25.4 Å². The monoisotopic (exact) mass is 289 g/mol. The lowest BCUT2D eigenvalue weighted by molar-refractivity contribution is 0.0602. The average Bonchev–Trinajstić information content (AvgIpc) is 2.50. The van der Waals surface area contributed by atoms with Crippen LogP contribution in [0, 0.1) is 5.82 Å². The Hall–Kier alpha value is -2.63. The largest absolute Gasteiger partial charge is 0.465 e. The molecule has 1 aromatic carbocycles. The first-order valence-electron chi connectivity index (χ1n) is 6.44. The molecule has 0 saturated carbocycles. The van der Waals surface area contributed by atoms with Crippen LogP contribution in [0.25, 0.3) is 0 Å². The van der Waals surface area contributed by atoms with E-state index in [-0.39, 0.29) is 17.1 Å². The van der Waals surface area contributed by atoms with E-state index in [1.54, 1.807) is 23.1 Å². The summed E-state index contributed by atoms with van der Waals surface area (Å²) in [5.74, 6) is -0.490. The molecule has 1 heterocycles.